The van der Waals surface area contributed by atoms with Gasteiger partial charge in [0, 0.05) is 14.7 Å². The zero-order chi connectivity index (χ0) is 25.4. The Bertz CT molecular complexity index is 609. The summed E-state index contributed by atoms with van der Waals surface area (Å²) < 4.78 is 20.2. The van der Waals surface area contributed by atoms with Crippen LogP contribution in [-0.4, -0.2) is 88.5 Å². The van der Waals surface area contributed by atoms with E-state index in [4.69, 9.17) is 14.2 Å². The van der Waals surface area contributed by atoms with Gasteiger partial charge in [-0.05, 0) is 11.6 Å². The normalized spacial score (nSPS) is 25.0. The van der Waals surface area contributed by atoms with Crippen molar-refractivity contribution in [3.05, 3.63) is 35.9 Å². The molecule has 0 saturated carbocycles. The minimum Gasteiger partial charge on any atom is -0.394 e. The maximum Gasteiger partial charge on any atom is 0.186 e. The summed E-state index contributed by atoms with van der Waals surface area (Å²) in [6.45, 7) is 11.6. The van der Waals surface area contributed by atoms with Crippen molar-refractivity contribution in [2.75, 3.05) is 13.2 Å². The molecule has 0 amide bonds. The van der Waals surface area contributed by atoms with Gasteiger partial charge in [0.05, 0.1) is 13.2 Å². The summed E-state index contributed by atoms with van der Waals surface area (Å²) in [5, 5.41) is 30.3. The molecule has 0 bridgehead atoms. The molecule has 1 aliphatic heterocycles. The molecule has 6 nitrogen and oxygen atoms in total. The van der Waals surface area contributed by atoms with E-state index in [0.29, 0.717) is 6.61 Å². The summed E-state index contributed by atoms with van der Waals surface area (Å²) in [5.74, 6) is 0. The molecule has 2 radical (unpaired) electrons. The summed E-state index contributed by atoms with van der Waals surface area (Å²) in [4.78, 5) is 0. The first kappa shape index (κ1) is 32.0. The van der Waals surface area contributed by atoms with Crippen LogP contribution in [-0.2, 0) is 20.8 Å². The molecule has 1 saturated heterocycles. The topological polar surface area (TPSA) is 88.4 Å². The van der Waals surface area contributed by atoms with E-state index in [1.807, 2.05) is 30.3 Å². The van der Waals surface area contributed by atoms with E-state index in [-0.39, 0.29) is 34.4 Å². The third-order valence-corrected chi connectivity index (χ3v) is 11.4. The number of ether oxygens (including phenoxy) is 3. The van der Waals surface area contributed by atoms with Gasteiger partial charge in [0.1, 0.15) is 24.4 Å². The zero-order valence-electron chi connectivity index (χ0n) is 21.9. The van der Waals surface area contributed by atoms with E-state index in [0.717, 1.165) is 11.6 Å². The molecular weight excluding hydrogens is 555 g/mol. The third kappa shape index (κ3) is 13.3. The molecule has 2 rings (SSSR count). The van der Waals surface area contributed by atoms with E-state index in [1.165, 1.54) is 25.7 Å². The monoisotopic (exact) mass is 604 g/mol. The average Bonchev–Trinajstić information content (AvgIpc) is 2.81. The molecule has 0 unspecified atom stereocenters. The van der Waals surface area contributed by atoms with Gasteiger partial charge in [-0.1, -0.05) is 50.0 Å². The van der Waals surface area contributed by atoms with Crippen LogP contribution in [0.25, 0.3) is 0 Å². The zero-order valence-corrected chi connectivity index (χ0v) is 25.8. The minimum atomic E-state index is -1.27. The number of benzene rings is 1. The first-order chi connectivity index (χ1) is 16.2. The molecule has 0 aromatic heterocycles. The van der Waals surface area contributed by atoms with E-state index >= 15 is 0 Å². The second-order valence-electron chi connectivity index (χ2n) is 10.1. The van der Waals surface area contributed by atoms with Crippen LogP contribution < -0.4 is 0 Å². The van der Waals surface area contributed by atoms with Gasteiger partial charge in [0.15, 0.2) is 6.29 Å². The third-order valence-electron chi connectivity index (χ3n) is 5.66. The Morgan fingerprint density at radius 1 is 0.941 bits per heavy atom. The fourth-order valence-electron chi connectivity index (χ4n) is 3.36. The quantitative estimate of drug-likeness (QED) is 0.215. The Hall–Kier alpha value is -0.00442. The van der Waals surface area contributed by atoms with Crippen molar-refractivity contribution >= 4 is 29.2 Å². The van der Waals surface area contributed by atoms with Crippen molar-refractivity contribution < 1.29 is 29.5 Å². The van der Waals surface area contributed by atoms with E-state index < -0.39 is 38.8 Å². The average molecular weight is 603 g/mol. The second kappa shape index (κ2) is 18.3. The Morgan fingerprint density at radius 3 is 2.09 bits per heavy atom. The van der Waals surface area contributed by atoms with Crippen molar-refractivity contribution in [3.63, 3.8) is 0 Å². The van der Waals surface area contributed by atoms with Crippen LogP contribution in [0.2, 0.25) is 34.6 Å². The Balaban J connectivity index is 0.000000546. The summed E-state index contributed by atoms with van der Waals surface area (Å²) in [5.41, 5.74) is 0.935. The van der Waals surface area contributed by atoms with Gasteiger partial charge in [-0.25, -0.2) is 0 Å². The standard InChI is InChI=1S/C18H30O6Si.2C4H9.Sn/c1-25(2,3)10-9-22-18-16(21)17(15(20)14(11-19)24-18)23-12-13-7-5-4-6-8-13;2*1-3-4-2;/h4-8,14-21H,9-12H2,1-3H3;2*1,3-4H2,2H3;/t14-,15+,16-,17+,18-;;;/m1.../s1. The van der Waals surface area contributed by atoms with Crippen LogP contribution in [0.5, 0.6) is 0 Å². The number of hydrogen-bond donors (Lipinski definition) is 3. The Labute approximate surface area is 218 Å². The van der Waals surface area contributed by atoms with Gasteiger partial charge in [0.25, 0.3) is 0 Å². The van der Waals surface area contributed by atoms with Crippen LogP contribution in [0.1, 0.15) is 45.1 Å². The molecule has 1 heterocycles. The smallest absolute Gasteiger partial charge is 0.186 e. The Kier molecular flexibility index (Phi) is 17.2. The number of aliphatic hydroxyl groups is 3. The maximum absolute atomic E-state index is 10.5. The molecule has 0 spiro atoms. The Morgan fingerprint density at radius 2 is 1.56 bits per heavy atom. The number of hydrogen-bond acceptors (Lipinski definition) is 6. The van der Waals surface area contributed by atoms with Crippen LogP contribution in [0, 0.1) is 0 Å². The van der Waals surface area contributed by atoms with Gasteiger partial charge in [-0.15, -0.1) is 0 Å². The van der Waals surface area contributed by atoms with Crippen molar-refractivity contribution in [2.45, 2.75) is 111 Å². The summed E-state index contributed by atoms with van der Waals surface area (Å²) in [6, 6.07) is 10.4. The van der Waals surface area contributed by atoms with Gasteiger partial charge in [-0.2, -0.15) is 0 Å². The fraction of sp³-hybridized carbons (Fsp3) is 0.769. The van der Waals surface area contributed by atoms with E-state index in [1.54, 1.807) is 8.87 Å². The predicted molar refractivity (Wildman–Crippen MR) is 142 cm³/mol. The molecule has 5 atom stereocenters. The van der Waals surface area contributed by atoms with Gasteiger partial charge < -0.3 is 29.5 Å². The van der Waals surface area contributed by atoms with Crippen molar-refractivity contribution in [3.8, 4) is 0 Å². The van der Waals surface area contributed by atoms with Crippen molar-refractivity contribution in [1.29, 1.82) is 0 Å². The minimum absolute atomic E-state index is 0.149. The SMILES string of the molecule is CCC[CH2][Sn][CH2]CCC.C[Si](C)(C)CCO[C@@H]1O[C@H](CO)[C@H](O)[C@H](OCc2ccccc2)[C@H]1O. The molecule has 196 valence electrons. The van der Waals surface area contributed by atoms with Crippen LogP contribution in [0.3, 0.4) is 0 Å². The number of unbranched alkanes of at least 4 members (excludes halogenated alkanes) is 2. The van der Waals surface area contributed by atoms with E-state index in [2.05, 4.69) is 33.5 Å². The van der Waals surface area contributed by atoms with Crippen LogP contribution in [0.4, 0.5) is 0 Å². The predicted octanol–water partition coefficient (Wildman–Crippen LogP) is 4.49. The first-order valence-corrected chi connectivity index (χ1v) is 20.6. The summed E-state index contributed by atoms with van der Waals surface area (Å²) in [7, 11) is -1.27. The van der Waals surface area contributed by atoms with Crippen LogP contribution >= 0.6 is 0 Å². The molecule has 1 aliphatic rings. The largest absolute Gasteiger partial charge is 0.394 e. The molecule has 1 aromatic rings. The van der Waals surface area contributed by atoms with Crippen molar-refractivity contribution in [2.24, 2.45) is 0 Å². The number of aliphatic hydroxyl groups excluding tert-OH is 3. The van der Waals surface area contributed by atoms with Crippen LogP contribution in [0.15, 0.2) is 30.3 Å². The first-order valence-electron chi connectivity index (χ1n) is 12.8. The molecule has 1 fully saturated rings. The molecule has 0 aliphatic carbocycles. The summed E-state index contributed by atoms with van der Waals surface area (Å²) in [6.07, 6.45) is 0.941. The molecule has 8 heteroatoms. The molecule has 3 N–H and O–H groups in total. The molecular formula is C26H48O6SiSn. The summed E-state index contributed by atoms with van der Waals surface area (Å²) >= 11 is 0.149. The second-order valence-corrected chi connectivity index (χ2v) is 20.0. The van der Waals surface area contributed by atoms with Gasteiger partial charge in [-0.3, -0.25) is 0 Å². The fourth-order valence-corrected chi connectivity index (χ4v) is 8.25. The molecule has 1 aromatic carbocycles. The van der Waals surface area contributed by atoms with Gasteiger partial charge in [0.2, 0.25) is 0 Å². The maximum atomic E-state index is 10.5. The van der Waals surface area contributed by atoms with Crippen molar-refractivity contribution in [1.82, 2.24) is 0 Å². The molecule has 34 heavy (non-hydrogen) atoms. The van der Waals surface area contributed by atoms with Gasteiger partial charge >= 0.3 is 69.5 Å². The number of rotatable bonds is 14. The van der Waals surface area contributed by atoms with E-state index in [9.17, 15) is 15.3 Å².